The van der Waals surface area contributed by atoms with E-state index in [0.717, 1.165) is 6.42 Å². The Morgan fingerprint density at radius 3 is 3.20 bits per heavy atom. The lowest BCUT2D eigenvalue weighted by atomic mass is 10.1. The van der Waals surface area contributed by atoms with Crippen molar-refractivity contribution in [1.82, 2.24) is 5.32 Å². The lowest BCUT2D eigenvalue weighted by Gasteiger charge is -2.06. The SMILES string of the molecule is N#CNC1=NC2c3ccccc3CC2O1. The smallest absolute Gasteiger partial charge is 0.299 e. The average Bonchev–Trinajstić information content (AvgIpc) is 2.75. The van der Waals surface area contributed by atoms with Crippen LogP contribution in [0.1, 0.15) is 17.2 Å². The number of aliphatic imine (C=N–C) groups is 1. The van der Waals surface area contributed by atoms with Crippen molar-refractivity contribution in [3.8, 4) is 6.19 Å². The van der Waals surface area contributed by atoms with Gasteiger partial charge in [0, 0.05) is 6.42 Å². The van der Waals surface area contributed by atoms with Crippen molar-refractivity contribution in [2.24, 2.45) is 4.99 Å². The van der Waals surface area contributed by atoms with Gasteiger partial charge in [0.15, 0.2) is 6.19 Å². The number of amidine groups is 1. The Morgan fingerprint density at radius 1 is 1.47 bits per heavy atom. The van der Waals surface area contributed by atoms with Gasteiger partial charge >= 0.3 is 0 Å². The van der Waals surface area contributed by atoms with Crippen LogP contribution >= 0.6 is 0 Å². The van der Waals surface area contributed by atoms with E-state index in [0.29, 0.717) is 6.02 Å². The van der Waals surface area contributed by atoms with Gasteiger partial charge in [0.1, 0.15) is 12.1 Å². The van der Waals surface area contributed by atoms with Crippen molar-refractivity contribution in [2.45, 2.75) is 18.6 Å². The van der Waals surface area contributed by atoms with E-state index in [1.807, 2.05) is 18.3 Å². The van der Waals surface area contributed by atoms with Crippen LogP contribution in [0.5, 0.6) is 0 Å². The fraction of sp³-hybridized carbons (Fsp3) is 0.273. The Hall–Kier alpha value is -2.02. The maximum absolute atomic E-state index is 8.46. The van der Waals surface area contributed by atoms with Crippen molar-refractivity contribution < 1.29 is 4.74 Å². The van der Waals surface area contributed by atoms with Gasteiger partial charge in [0.05, 0.1) is 0 Å². The second-order valence-corrected chi connectivity index (χ2v) is 3.68. The monoisotopic (exact) mass is 199 g/mol. The molecular weight excluding hydrogens is 190 g/mol. The molecule has 1 heterocycles. The lowest BCUT2D eigenvalue weighted by Crippen LogP contribution is -2.21. The molecule has 0 radical (unpaired) electrons. The van der Waals surface area contributed by atoms with E-state index in [2.05, 4.69) is 22.4 Å². The normalized spacial score (nSPS) is 25.9. The molecule has 1 N–H and O–H groups in total. The summed E-state index contributed by atoms with van der Waals surface area (Å²) in [5, 5.41) is 10.9. The molecule has 0 saturated carbocycles. The molecule has 0 spiro atoms. The summed E-state index contributed by atoms with van der Waals surface area (Å²) in [7, 11) is 0. The number of hydrogen-bond donors (Lipinski definition) is 1. The van der Waals surface area contributed by atoms with Gasteiger partial charge in [-0.2, -0.15) is 5.26 Å². The van der Waals surface area contributed by atoms with Crippen molar-refractivity contribution in [1.29, 1.82) is 5.26 Å². The number of nitriles is 1. The highest BCUT2D eigenvalue weighted by molar-refractivity contribution is 5.77. The summed E-state index contributed by atoms with van der Waals surface area (Å²) < 4.78 is 5.52. The molecule has 0 aromatic heterocycles. The quantitative estimate of drug-likeness (QED) is 0.503. The number of ether oxygens (including phenoxy) is 1. The van der Waals surface area contributed by atoms with Gasteiger partial charge in [-0.15, -0.1) is 0 Å². The highest BCUT2D eigenvalue weighted by Gasteiger charge is 2.39. The summed E-state index contributed by atoms with van der Waals surface area (Å²) in [6.45, 7) is 0. The van der Waals surface area contributed by atoms with Gasteiger partial charge in [-0.1, -0.05) is 24.3 Å². The van der Waals surface area contributed by atoms with E-state index in [1.165, 1.54) is 11.1 Å². The van der Waals surface area contributed by atoms with Gasteiger partial charge < -0.3 is 4.74 Å². The Morgan fingerprint density at radius 2 is 2.33 bits per heavy atom. The van der Waals surface area contributed by atoms with Crippen molar-refractivity contribution in [3.63, 3.8) is 0 Å². The maximum atomic E-state index is 8.46. The molecule has 4 heteroatoms. The number of rotatable bonds is 0. The van der Waals surface area contributed by atoms with E-state index < -0.39 is 0 Å². The van der Waals surface area contributed by atoms with Gasteiger partial charge in [0.25, 0.3) is 6.02 Å². The number of fused-ring (bicyclic) bond motifs is 3. The first-order valence-electron chi connectivity index (χ1n) is 4.86. The predicted molar refractivity (Wildman–Crippen MR) is 53.9 cm³/mol. The summed E-state index contributed by atoms with van der Waals surface area (Å²) in [5.41, 5.74) is 2.52. The van der Waals surface area contributed by atoms with Crippen LogP contribution in [0.3, 0.4) is 0 Å². The molecule has 2 atom stereocenters. The molecule has 0 fully saturated rings. The van der Waals surface area contributed by atoms with E-state index >= 15 is 0 Å². The molecule has 4 nitrogen and oxygen atoms in total. The molecular formula is C11H9N3O. The first-order valence-corrected chi connectivity index (χ1v) is 4.86. The fourth-order valence-electron chi connectivity index (χ4n) is 2.21. The first-order chi connectivity index (χ1) is 7.38. The third-order valence-electron chi connectivity index (χ3n) is 2.83. The van der Waals surface area contributed by atoms with Crippen LogP contribution in [0.15, 0.2) is 29.3 Å². The van der Waals surface area contributed by atoms with E-state index in [-0.39, 0.29) is 12.1 Å². The second-order valence-electron chi connectivity index (χ2n) is 3.68. The van der Waals surface area contributed by atoms with Gasteiger partial charge in [-0.25, -0.2) is 10.3 Å². The van der Waals surface area contributed by atoms with Crippen LogP contribution in [0, 0.1) is 11.5 Å². The van der Waals surface area contributed by atoms with Crippen molar-refractivity contribution in [3.05, 3.63) is 35.4 Å². The minimum absolute atomic E-state index is 0.0667. The van der Waals surface area contributed by atoms with E-state index in [9.17, 15) is 0 Å². The molecule has 0 saturated heterocycles. The average molecular weight is 199 g/mol. The molecule has 15 heavy (non-hydrogen) atoms. The zero-order valence-electron chi connectivity index (χ0n) is 7.97. The number of hydrogen-bond acceptors (Lipinski definition) is 4. The van der Waals surface area contributed by atoms with Crippen LogP contribution in [0.2, 0.25) is 0 Å². The van der Waals surface area contributed by atoms with Gasteiger partial charge in [-0.3, -0.25) is 0 Å². The van der Waals surface area contributed by atoms with Crippen LogP contribution in [0.25, 0.3) is 0 Å². The Kier molecular flexibility index (Phi) is 1.65. The summed E-state index contributed by atoms with van der Waals surface area (Å²) in [6.07, 6.45) is 2.76. The largest absolute Gasteiger partial charge is 0.458 e. The van der Waals surface area contributed by atoms with Crippen LogP contribution in [0.4, 0.5) is 0 Å². The molecule has 1 aromatic carbocycles. The number of nitrogens with zero attached hydrogens (tertiary/aromatic N) is 2. The first kappa shape index (κ1) is 8.30. The standard InChI is InChI=1S/C11H9N3O/c12-6-13-11-14-10-8-4-2-1-3-7(8)5-9(10)15-11/h1-4,9-10H,5H2,(H,13,14). The Bertz CT molecular complexity index is 475. The minimum atomic E-state index is 0.0667. The van der Waals surface area contributed by atoms with Crippen molar-refractivity contribution in [2.75, 3.05) is 0 Å². The topological polar surface area (TPSA) is 57.4 Å². The summed E-state index contributed by atoms with van der Waals surface area (Å²) in [6, 6.07) is 8.62. The molecule has 1 aliphatic heterocycles. The molecule has 1 aromatic rings. The zero-order valence-corrected chi connectivity index (χ0v) is 7.97. The molecule has 0 amide bonds. The molecule has 2 aliphatic rings. The van der Waals surface area contributed by atoms with Gasteiger partial charge in [0.2, 0.25) is 0 Å². The number of nitrogens with one attached hydrogen (secondary N) is 1. The predicted octanol–water partition coefficient (Wildman–Crippen LogP) is 1.11. The minimum Gasteiger partial charge on any atom is -0.458 e. The third-order valence-corrected chi connectivity index (χ3v) is 2.83. The second kappa shape index (κ2) is 2.99. The van der Waals surface area contributed by atoms with Crippen LogP contribution < -0.4 is 5.32 Å². The Labute approximate surface area is 87.2 Å². The molecule has 74 valence electrons. The van der Waals surface area contributed by atoms with E-state index in [4.69, 9.17) is 10.00 Å². The third kappa shape index (κ3) is 1.17. The molecule has 2 unspecified atom stereocenters. The maximum Gasteiger partial charge on any atom is 0.299 e. The summed E-state index contributed by atoms with van der Waals surface area (Å²) in [4.78, 5) is 4.34. The summed E-state index contributed by atoms with van der Waals surface area (Å²) >= 11 is 0. The zero-order chi connectivity index (χ0) is 10.3. The highest BCUT2D eigenvalue weighted by atomic mass is 16.5. The highest BCUT2D eigenvalue weighted by Crippen LogP contribution is 2.39. The Balaban J connectivity index is 1.95. The van der Waals surface area contributed by atoms with Crippen LogP contribution in [-0.4, -0.2) is 12.1 Å². The van der Waals surface area contributed by atoms with Crippen molar-refractivity contribution >= 4 is 6.02 Å². The number of benzene rings is 1. The van der Waals surface area contributed by atoms with Gasteiger partial charge in [-0.05, 0) is 11.1 Å². The van der Waals surface area contributed by atoms with Crippen LogP contribution in [-0.2, 0) is 11.2 Å². The fourth-order valence-corrected chi connectivity index (χ4v) is 2.21. The van der Waals surface area contributed by atoms with E-state index in [1.54, 1.807) is 0 Å². The summed E-state index contributed by atoms with van der Waals surface area (Å²) in [5.74, 6) is 0. The molecule has 3 rings (SSSR count). The lowest BCUT2D eigenvalue weighted by molar-refractivity contribution is 0.200. The molecule has 1 aliphatic carbocycles. The molecule has 0 bridgehead atoms.